The summed E-state index contributed by atoms with van der Waals surface area (Å²) in [5.74, 6) is 1.08. The molecule has 1 fully saturated rings. The Morgan fingerprint density at radius 1 is 1.09 bits per heavy atom. The molecule has 0 saturated heterocycles. The Kier molecular flexibility index (Phi) is 3.07. The molecule has 2 heterocycles. The smallest absolute Gasteiger partial charge is 0.279 e. The van der Waals surface area contributed by atoms with Crippen LogP contribution in [0, 0.1) is 5.92 Å². The van der Waals surface area contributed by atoms with Gasteiger partial charge in [-0.15, -0.1) is 0 Å². The summed E-state index contributed by atoms with van der Waals surface area (Å²) >= 11 is 0. The maximum atomic E-state index is 12.9. The lowest BCUT2D eigenvalue weighted by atomic mass is 10.1. The minimum Gasteiger partial charge on any atom is -0.467 e. The van der Waals surface area contributed by atoms with E-state index in [0.29, 0.717) is 18.1 Å². The number of hydrogen-bond acceptors (Lipinski definition) is 4. The number of rotatable bonds is 4. The Bertz CT molecular complexity index is 793. The maximum absolute atomic E-state index is 12.9. The number of hydrogen-bond donors (Lipinski definition) is 0. The van der Waals surface area contributed by atoms with E-state index in [1.54, 1.807) is 42.7 Å². The minimum absolute atomic E-state index is 0.257. The molecule has 1 aromatic carbocycles. The van der Waals surface area contributed by atoms with Crippen LogP contribution < -0.4 is 0 Å². The first-order valence-electron chi connectivity index (χ1n) is 7.36. The molecule has 4 rings (SSSR count). The SMILES string of the molecule is O=S(=O)(c1ccccc1)N1N=C(C2CC2)C[C@@H]1c1ccco1. The van der Waals surface area contributed by atoms with Crippen LogP contribution in [0.4, 0.5) is 0 Å². The molecule has 1 saturated carbocycles. The fourth-order valence-corrected chi connectivity index (χ4v) is 4.23. The van der Waals surface area contributed by atoms with Crippen molar-refractivity contribution in [3.8, 4) is 0 Å². The highest BCUT2D eigenvalue weighted by molar-refractivity contribution is 7.89. The third-order valence-corrected chi connectivity index (χ3v) is 5.80. The molecule has 22 heavy (non-hydrogen) atoms. The van der Waals surface area contributed by atoms with Crippen molar-refractivity contribution in [2.75, 3.05) is 0 Å². The number of hydrazone groups is 1. The molecule has 2 aromatic rings. The Labute approximate surface area is 129 Å². The van der Waals surface area contributed by atoms with Gasteiger partial charge in [-0.3, -0.25) is 0 Å². The van der Waals surface area contributed by atoms with Crippen LogP contribution in [0.1, 0.15) is 31.1 Å². The summed E-state index contributed by atoms with van der Waals surface area (Å²) < 4.78 is 32.5. The molecule has 1 aliphatic heterocycles. The topological polar surface area (TPSA) is 62.9 Å². The first-order valence-corrected chi connectivity index (χ1v) is 8.80. The third kappa shape index (κ3) is 2.23. The van der Waals surface area contributed by atoms with Crippen LogP contribution >= 0.6 is 0 Å². The lowest BCUT2D eigenvalue weighted by molar-refractivity contribution is 0.320. The first-order chi connectivity index (χ1) is 10.7. The van der Waals surface area contributed by atoms with E-state index in [1.165, 1.54) is 4.41 Å². The van der Waals surface area contributed by atoms with E-state index in [2.05, 4.69) is 5.10 Å². The van der Waals surface area contributed by atoms with Crippen LogP contribution in [0.5, 0.6) is 0 Å². The lowest BCUT2D eigenvalue weighted by Crippen LogP contribution is -2.27. The van der Waals surface area contributed by atoms with Crippen LogP contribution in [-0.4, -0.2) is 18.5 Å². The second kappa shape index (κ2) is 4.98. The predicted octanol–water partition coefficient (Wildman–Crippen LogP) is 3.18. The van der Waals surface area contributed by atoms with Crippen LogP contribution in [0.25, 0.3) is 0 Å². The first kappa shape index (κ1) is 13.6. The van der Waals surface area contributed by atoms with E-state index in [-0.39, 0.29) is 10.9 Å². The normalized spacial score (nSPS) is 21.9. The van der Waals surface area contributed by atoms with Crippen molar-refractivity contribution in [3.05, 3.63) is 54.5 Å². The maximum Gasteiger partial charge on any atom is 0.279 e. The van der Waals surface area contributed by atoms with Crippen molar-refractivity contribution in [2.45, 2.75) is 30.2 Å². The Morgan fingerprint density at radius 3 is 2.50 bits per heavy atom. The van der Waals surface area contributed by atoms with Gasteiger partial charge in [-0.1, -0.05) is 18.2 Å². The summed E-state index contributed by atoms with van der Waals surface area (Å²) in [6.07, 6.45) is 4.38. The van der Waals surface area contributed by atoms with E-state index < -0.39 is 10.0 Å². The summed E-state index contributed by atoms with van der Waals surface area (Å²) in [6.45, 7) is 0. The zero-order chi connectivity index (χ0) is 15.2. The predicted molar refractivity (Wildman–Crippen MR) is 81.7 cm³/mol. The number of sulfonamides is 1. The van der Waals surface area contributed by atoms with E-state index in [0.717, 1.165) is 18.6 Å². The molecular formula is C16H16N2O3S. The Hall–Kier alpha value is -2.08. The standard InChI is InChI=1S/C16H16N2O3S/c19-22(20,13-5-2-1-3-6-13)18-15(16-7-4-10-21-16)11-14(17-18)12-8-9-12/h1-7,10,12,15H,8-9,11H2/t15-/m1/s1. The Morgan fingerprint density at radius 2 is 1.86 bits per heavy atom. The van der Waals surface area contributed by atoms with Gasteiger partial charge >= 0.3 is 0 Å². The van der Waals surface area contributed by atoms with Crippen LogP contribution in [-0.2, 0) is 10.0 Å². The minimum atomic E-state index is -3.67. The summed E-state index contributed by atoms with van der Waals surface area (Å²) in [7, 11) is -3.67. The lowest BCUT2D eigenvalue weighted by Gasteiger charge is -2.21. The van der Waals surface area contributed by atoms with Crippen molar-refractivity contribution >= 4 is 15.7 Å². The number of furan rings is 1. The molecule has 0 N–H and O–H groups in total. The highest BCUT2D eigenvalue weighted by atomic mass is 32.2. The van der Waals surface area contributed by atoms with Crippen molar-refractivity contribution in [1.82, 2.24) is 4.41 Å². The third-order valence-electron chi connectivity index (χ3n) is 4.10. The van der Waals surface area contributed by atoms with Gasteiger partial charge in [0.2, 0.25) is 0 Å². The number of nitrogens with zero attached hydrogens (tertiary/aromatic N) is 2. The summed E-state index contributed by atoms with van der Waals surface area (Å²) in [6, 6.07) is 11.6. The largest absolute Gasteiger partial charge is 0.467 e. The van der Waals surface area contributed by atoms with Gasteiger partial charge in [0.15, 0.2) is 0 Å². The van der Waals surface area contributed by atoms with Crippen LogP contribution in [0.3, 0.4) is 0 Å². The molecule has 1 atom stereocenters. The van der Waals surface area contributed by atoms with Crippen LogP contribution in [0.15, 0.2) is 63.1 Å². The van der Waals surface area contributed by atoms with Crippen molar-refractivity contribution in [1.29, 1.82) is 0 Å². The molecule has 0 spiro atoms. The molecule has 1 aromatic heterocycles. The van der Waals surface area contributed by atoms with E-state index >= 15 is 0 Å². The van der Waals surface area contributed by atoms with Gasteiger partial charge < -0.3 is 4.42 Å². The molecule has 6 heteroatoms. The van der Waals surface area contributed by atoms with Gasteiger partial charge in [0.05, 0.1) is 11.2 Å². The van der Waals surface area contributed by atoms with Crippen molar-refractivity contribution < 1.29 is 12.8 Å². The van der Waals surface area contributed by atoms with Gasteiger partial charge in [0, 0.05) is 12.1 Å². The fourth-order valence-electron chi connectivity index (χ4n) is 2.79. The average molecular weight is 316 g/mol. The molecule has 0 bridgehead atoms. The van der Waals surface area contributed by atoms with Gasteiger partial charge in [-0.25, -0.2) is 0 Å². The molecule has 114 valence electrons. The zero-order valence-corrected chi connectivity index (χ0v) is 12.7. The second-order valence-electron chi connectivity index (χ2n) is 5.69. The molecule has 5 nitrogen and oxygen atoms in total. The van der Waals surface area contributed by atoms with E-state index in [9.17, 15) is 8.42 Å². The summed E-state index contributed by atoms with van der Waals surface area (Å²) in [4.78, 5) is 0.257. The molecule has 2 aliphatic rings. The van der Waals surface area contributed by atoms with Crippen molar-refractivity contribution in [3.63, 3.8) is 0 Å². The second-order valence-corrected chi connectivity index (χ2v) is 7.49. The zero-order valence-electron chi connectivity index (χ0n) is 11.9. The molecule has 0 unspecified atom stereocenters. The van der Waals surface area contributed by atoms with Crippen molar-refractivity contribution in [2.24, 2.45) is 11.0 Å². The summed E-state index contributed by atoms with van der Waals surface area (Å²) in [5, 5.41) is 4.44. The molecular weight excluding hydrogens is 300 g/mol. The molecule has 1 aliphatic carbocycles. The highest BCUT2D eigenvalue weighted by Gasteiger charge is 2.42. The Balaban J connectivity index is 1.76. The van der Waals surface area contributed by atoms with Gasteiger partial charge in [-0.05, 0) is 43.0 Å². The highest BCUT2D eigenvalue weighted by Crippen LogP contribution is 2.42. The number of benzene rings is 1. The quantitative estimate of drug-likeness (QED) is 0.870. The average Bonchev–Trinajstić information content (AvgIpc) is 3.06. The summed E-state index contributed by atoms with van der Waals surface area (Å²) in [5.41, 5.74) is 0.973. The fraction of sp³-hybridized carbons (Fsp3) is 0.312. The van der Waals surface area contributed by atoms with Gasteiger partial charge in [-0.2, -0.15) is 17.9 Å². The monoisotopic (exact) mass is 316 g/mol. The van der Waals surface area contributed by atoms with Crippen LogP contribution in [0.2, 0.25) is 0 Å². The van der Waals surface area contributed by atoms with E-state index in [1.807, 2.05) is 6.07 Å². The van der Waals surface area contributed by atoms with E-state index in [4.69, 9.17) is 4.42 Å². The van der Waals surface area contributed by atoms with Gasteiger partial charge in [0.1, 0.15) is 11.8 Å². The van der Waals surface area contributed by atoms with Gasteiger partial charge in [0.25, 0.3) is 10.0 Å². The molecule has 0 amide bonds. The molecule has 0 radical (unpaired) electrons.